The van der Waals surface area contributed by atoms with Gasteiger partial charge in [0.15, 0.2) is 4.34 Å². The van der Waals surface area contributed by atoms with Crippen LogP contribution in [0.1, 0.15) is 18.5 Å². The van der Waals surface area contributed by atoms with Crippen LogP contribution in [0.5, 0.6) is 0 Å². The average Bonchev–Trinajstić information content (AvgIpc) is 2.73. The minimum Gasteiger partial charge on any atom is -0.324 e. The summed E-state index contributed by atoms with van der Waals surface area (Å²) in [5.41, 5.74) is 6.97. The highest BCUT2D eigenvalue weighted by Gasteiger charge is 2.07. The Labute approximate surface area is 111 Å². The second-order valence-corrected chi connectivity index (χ2v) is 6.42. The Morgan fingerprint density at radius 2 is 2.31 bits per heavy atom. The van der Waals surface area contributed by atoms with E-state index in [1.807, 2.05) is 18.5 Å². The second kappa shape index (κ2) is 5.31. The van der Waals surface area contributed by atoms with E-state index in [9.17, 15) is 0 Å². The van der Waals surface area contributed by atoms with Gasteiger partial charge >= 0.3 is 0 Å². The highest BCUT2D eigenvalue weighted by molar-refractivity contribution is 9.10. The van der Waals surface area contributed by atoms with Crippen molar-refractivity contribution in [3.8, 4) is 0 Å². The van der Waals surface area contributed by atoms with Crippen molar-refractivity contribution in [2.24, 2.45) is 5.73 Å². The normalized spacial score (nSPS) is 12.7. The first-order valence-corrected chi connectivity index (χ1v) is 7.28. The van der Waals surface area contributed by atoms with Gasteiger partial charge in [-0.15, -0.1) is 11.3 Å². The molecule has 2 nitrogen and oxygen atoms in total. The quantitative estimate of drug-likeness (QED) is 0.928. The van der Waals surface area contributed by atoms with Crippen LogP contribution in [0.3, 0.4) is 0 Å². The number of thiazole rings is 1. The van der Waals surface area contributed by atoms with E-state index in [2.05, 4.69) is 39.1 Å². The van der Waals surface area contributed by atoms with Gasteiger partial charge in [0.25, 0.3) is 0 Å². The second-order valence-electron chi connectivity index (χ2n) is 3.38. The Hall–Kier alpha value is -0.360. The summed E-state index contributed by atoms with van der Waals surface area (Å²) in [7, 11) is 0. The summed E-state index contributed by atoms with van der Waals surface area (Å²) in [5.74, 6) is 0. The highest BCUT2D eigenvalue weighted by Crippen LogP contribution is 2.35. The van der Waals surface area contributed by atoms with Crippen molar-refractivity contribution in [1.29, 1.82) is 0 Å². The van der Waals surface area contributed by atoms with Gasteiger partial charge in [-0.1, -0.05) is 17.8 Å². The molecule has 0 aliphatic heterocycles. The first-order valence-electron chi connectivity index (χ1n) is 4.79. The monoisotopic (exact) mass is 314 g/mol. The minimum absolute atomic E-state index is 0.0650. The number of nitrogens with zero attached hydrogens (tertiary/aromatic N) is 1. The predicted octanol–water partition coefficient (Wildman–Crippen LogP) is 4.08. The lowest BCUT2D eigenvalue weighted by atomic mass is 10.1. The van der Waals surface area contributed by atoms with Crippen molar-refractivity contribution in [3.63, 3.8) is 0 Å². The predicted molar refractivity (Wildman–Crippen MR) is 73.0 cm³/mol. The van der Waals surface area contributed by atoms with Gasteiger partial charge in [0.2, 0.25) is 0 Å². The van der Waals surface area contributed by atoms with Crippen molar-refractivity contribution in [2.75, 3.05) is 0 Å². The van der Waals surface area contributed by atoms with Crippen LogP contribution in [0.25, 0.3) is 0 Å². The molecule has 5 heteroatoms. The zero-order chi connectivity index (χ0) is 11.5. The Bertz CT molecular complexity index is 469. The number of benzene rings is 1. The topological polar surface area (TPSA) is 38.9 Å². The van der Waals surface area contributed by atoms with E-state index in [1.54, 1.807) is 23.1 Å². The maximum absolute atomic E-state index is 5.83. The molecule has 1 atom stereocenters. The van der Waals surface area contributed by atoms with Crippen LogP contribution in [0.15, 0.2) is 43.5 Å². The molecular weight excluding hydrogens is 304 g/mol. The van der Waals surface area contributed by atoms with Crippen molar-refractivity contribution in [1.82, 2.24) is 4.98 Å². The van der Waals surface area contributed by atoms with Gasteiger partial charge in [0, 0.05) is 27.0 Å². The summed E-state index contributed by atoms with van der Waals surface area (Å²) in [5, 5.41) is 1.98. The molecule has 0 fully saturated rings. The van der Waals surface area contributed by atoms with Crippen molar-refractivity contribution < 1.29 is 0 Å². The lowest BCUT2D eigenvalue weighted by Crippen LogP contribution is -2.04. The molecule has 0 saturated carbocycles. The molecule has 1 aromatic carbocycles. The SMILES string of the molecule is CC(N)c1ccc(Sc2nccs2)c(Br)c1. The summed E-state index contributed by atoms with van der Waals surface area (Å²) in [6.07, 6.45) is 1.82. The number of hydrogen-bond donors (Lipinski definition) is 1. The van der Waals surface area contributed by atoms with Crippen LogP contribution in [0.2, 0.25) is 0 Å². The molecule has 0 amide bonds. The van der Waals surface area contributed by atoms with Crippen LogP contribution in [-0.4, -0.2) is 4.98 Å². The van der Waals surface area contributed by atoms with E-state index in [0.29, 0.717) is 0 Å². The van der Waals surface area contributed by atoms with Gasteiger partial charge in [-0.25, -0.2) is 4.98 Å². The van der Waals surface area contributed by atoms with E-state index in [0.717, 1.165) is 14.4 Å². The third-order valence-electron chi connectivity index (χ3n) is 2.09. The van der Waals surface area contributed by atoms with Crippen LogP contribution in [0, 0.1) is 0 Å². The molecule has 16 heavy (non-hydrogen) atoms. The van der Waals surface area contributed by atoms with Gasteiger partial charge < -0.3 is 5.73 Å². The molecule has 0 bridgehead atoms. The molecule has 84 valence electrons. The number of hydrogen-bond acceptors (Lipinski definition) is 4. The van der Waals surface area contributed by atoms with E-state index < -0.39 is 0 Å². The van der Waals surface area contributed by atoms with Gasteiger partial charge in [-0.3, -0.25) is 0 Å². The number of halogens is 1. The number of rotatable bonds is 3. The summed E-state index contributed by atoms with van der Waals surface area (Å²) in [4.78, 5) is 5.41. The van der Waals surface area contributed by atoms with E-state index >= 15 is 0 Å². The number of aromatic nitrogens is 1. The molecular formula is C11H11BrN2S2. The number of nitrogens with two attached hydrogens (primary N) is 1. The van der Waals surface area contributed by atoms with Gasteiger partial charge in [0.1, 0.15) is 0 Å². The molecule has 1 heterocycles. The lowest BCUT2D eigenvalue weighted by Gasteiger charge is -2.08. The first kappa shape index (κ1) is 12.1. The Morgan fingerprint density at radius 3 is 2.88 bits per heavy atom. The Kier molecular flexibility index (Phi) is 4.02. The van der Waals surface area contributed by atoms with Crippen molar-refractivity contribution in [2.45, 2.75) is 22.2 Å². The van der Waals surface area contributed by atoms with Gasteiger partial charge in [-0.2, -0.15) is 0 Å². The largest absolute Gasteiger partial charge is 0.324 e. The van der Waals surface area contributed by atoms with Crippen molar-refractivity contribution >= 4 is 39.0 Å². The zero-order valence-corrected chi connectivity index (χ0v) is 11.9. The van der Waals surface area contributed by atoms with Crippen LogP contribution < -0.4 is 5.73 Å². The van der Waals surface area contributed by atoms with E-state index in [-0.39, 0.29) is 6.04 Å². The summed E-state index contributed by atoms with van der Waals surface area (Å²) >= 11 is 6.87. The first-order chi connectivity index (χ1) is 7.66. The fourth-order valence-corrected chi connectivity index (χ4v) is 3.46. The molecule has 0 radical (unpaired) electrons. The maximum Gasteiger partial charge on any atom is 0.154 e. The zero-order valence-electron chi connectivity index (χ0n) is 8.68. The molecule has 1 unspecified atom stereocenters. The molecule has 0 aliphatic carbocycles. The average molecular weight is 315 g/mol. The van der Waals surface area contributed by atoms with Gasteiger partial charge in [0.05, 0.1) is 0 Å². The third-order valence-corrected chi connectivity index (χ3v) is 4.97. The smallest absolute Gasteiger partial charge is 0.154 e. The minimum atomic E-state index is 0.0650. The molecule has 0 spiro atoms. The van der Waals surface area contributed by atoms with Crippen LogP contribution >= 0.6 is 39.0 Å². The van der Waals surface area contributed by atoms with Crippen LogP contribution in [0.4, 0.5) is 0 Å². The fourth-order valence-electron chi connectivity index (χ4n) is 1.24. The Balaban J connectivity index is 2.23. The highest BCUT2D eigenvalue weighted by atomic mass is 79.9. The summed E-state index contributed by atoms with van der Waals surface area (Å²) in [6, 6.07) is 6.27. The van der Waals surface area contributed by atoms with Gasteiger partial charge in [-0.05, 0) is 40.5 Å². The Morgan fingerprint density at radius 1 is 1.50 bits per heavy atom. The standard InChI is InChI=1S/C11H11BrN2S2/c1-7(13)8-2-3-10(9(12)6-8)16-11-14-4-5-15-11/h2-7H,13H2,1H3. The summed E-state index contributed by atoms with van der Waals surface area (Å²) in [6.45, 7) is 1.98. The van der Waals surface area contributed by atoms with Crippen LogP contribution in [-0.2, 0) is 0 Å². The molecule has 2 aromatic rings. The fraction of sp³-hybridized carbons (Fsp3) is 0.182. The molecule has 0 aliphatic rings. The molecule has 1 aromatic heterocycles. The molecule has 2 N–H and O–H groups in total. The maximum atomic E-state index is 5.83. The van der Waals surface area contributed by atoms with E-state index in [1.165, 1.54) is 4.90 Å². The van der Waals surface area contributed by atoms with Crippen molar-refractivity contribution in [3.05, 3.63) is 39.8 Å². The summed E-state index contributed by atoms with van der Waals surface area (Å²) < 4.78 is 2.12. The molecule has 2 rings (SSSR count). The third kappa shape index (κ3) is 2.85. The molecule has 0 saturated heterocycles. The van der Waals surface area contributed by atoms with E-state index in [4.69, 9.17) is 5.73 Å². The lowest BCUT2D eigenvalue weighted by molar-refractivity contribution is 0.815.